The fourth-order valence-electron chi connectivity index (χ4n) is 1.05. The van der Waals surface area contributed by atoms with Crippen LogP contribution >= 0.6 is 0 Å². The van der Waals surface area contributed by atoms with E-state index in [1.54, 1.807) is 19.1 Å². The van der Waals surface area contributed by atoms with Gasteiger partial charge in [-0.2, -0.15) is 0 Å². The van der Waals surface area contributed by atoms with Crippen molar-refractivity contribution in [2.24, 2.45) is 5.73 Å². The highest BCUT2D eigenvalue weighted by molar-refractivity contribution is 6.00. The van der Waals surface area contributed by atoms with Gasteiger partial charge in [0.05, 0.1) is 11.6 Å². The third kappa shape index (κ3) is 2.12. The lowest BCUT2D eigenvalue weighted by atomic mass is 10.0. The molecule has 0 fully saturated rings. The number of halogens is 1. The molecule has 0 aromatic heterocycles. The second-order valence-electron chi connectivity index (χ2n) is 2.86. The first-order valence-electron chi connectivity index (χ1n) is 4.21. The maximum absolute atomic E-state index is 13.1. The molecule has 0 aliphatic rings. The standard InChI is InChI=1S/C10H12FNO/c1-2-9(12)10(13)7-5-3-4-6-8(7)11/h3-6,9H,2,12H2,1H3. The van der Waals surface area contributed by atoms with Crippen LogP contribution in [-0.4, -0.2) is 11.8 Å². The van der Waals surface area contributed by atoms with Gasteiger partial charge in [-0.1, -0.05) is 19.1 Å². The predicted molar refractivity (Wildman–Crippen MR) is 49.0 cm³/mol. The van der Waals surface area contributed by atoms with Crippen molar-refractivity contribution in [1.29, 1.82) is 0 Å². The normalized spacial score (nSPS) is 12.5. The molecular formula is C10H12FNO. The summed E-state index contributed by atoms with van der Waals surface area (Å²) in [7, 11) is 0. The average Bonchev–Trinajstić information content (AvgIpc) is 2.16. The molecule has 2 nitrogen and oxygen atoms in total. The van der Waals surface area contributed by atoms with E-state index < -0.39 is 11.9 Å². The molecule has 1 unspecified atom stereocenters. The number of ketones is 1. The Hall–Kier alpha value is -1.22. The molecule has 0 saturated heterocycles. The maximum Gasteiger partial charge on any atom is 0.182 e. The first-order chi connectivity index (χ1) is 6.16. The van der Waals surface area contributed by atoms with Gasteiger partial charge in [-0.3, -0.25) is 4.79 Å². The highest BCUT2D eigenvalue weighted by Crippen LogP contribution is 2.09. The van der Waals surface area contributed by atoms with Crippen LogP contribution in [0.4, 0.5) is 4.39 Å². The summed E-state index contributed by atoms with van der Waals surface area (Å²) in [6.07, 6.45) is 0.521. The summed E-state index contributed by atoms with van der Waals surface area (Å²) in [5, 5.41) is 0. The molecule has 70 valence electrons. The third-order valence-corrected chi connectivity index (χ3v) is 1.92. The molecule has 2 N–H and O–H groups in total. The highest BCUT2D eigenvalue weighted by Gasteiger charge is 2.16. The Balaban J connectivity index is 2.95. The zero-order chi connectivity index (χ0) is 9.84. The smallest absolute Gasteiger partial charge is 0.182 e. The van der Waals surface area contributed by atoms with Crippen molar-refractivity contribution >= 4 is 5.78 Å². The van der Waals surface area contributed by atoms with Gasteiger partial charge in [-0.05, 0) is 18.6 Å². The van der Waals surface area contributed by atoms with Crippen LogP contribution < -0.4 is 5.73 Å². The van der Waals surface area contributed by atoms with Crippen molar-refractivity contribution in [3.63, 3.8) is 0 Å². The molecular weight excluding hydrogens is 169 g/mol. The largest absolute Gasteiger partial charge is 0.321 e. The average molecular weight is 181 g/mol. The van der Waals surface area contributed by atoms with Crippen LogP contribution in [0.1, 0.15) is 23.7 Å². The third-order valence-electron chi connectivity index (χ3n) is 1.92. The number of nitrogens with two attached hydrogens (primary N) is 1. The Labute approximate surface area is 76.6 Å². The van der Waals surface area contributed by atoms with Gasteiger partial charge in [-0.15, -0.1) is 0 Å². The van der Waals surface area contributed by atoms with Crippen LogP contribution in [0.25, 0.3) is 0 Å². The van der Waals surface area contributed by atoms with Gasteiger partial charge in [0.25, 0.3) is 0 Å². The Morgan fingerprint density at radius 1 is 1.54 bits per heavy atom. The molecule has 1 atom stereocenters. The molecule has 0 saturated carbocycles. The van der Waals surface area contributed by atoms with Crippen LogP contribution in [0.2, 0.25) is 0 Å². The molecule has 13 heavy (non-hydrogen) atoms. The minimum absolute atomic E-state index is 0.0804. The predicted octanol–water partition coefficient (Wildman–Crippen LogP) is 1.75. The lowest BCUT2D eigenvalue weighted by molar-refractivity contribution is 0.0955. The van der Waals surface area contributed by atoms with Crippen molar-refractivity contribution in [2.75, 3.05) is 0 Å². The van der Waals surface area contributed by atoms with Crippen LogP contribution in [0.15, 0.2) is 24.3 Å². The van der Waals surface area contributed by atoms with Crippen LogP contribution in [0.5, 0.6) is 0 Å². The fraction of sp³-hybridized carbons (Fsp3) is 0.300. The zero-order valence-corrected chi connectivity index (χ0v) is 7.46. The van der Waals surface area contributed by atoms with Crippen LogP contribution in [0.3, 0.4) is 0 Å². The van der Waals surface area contributed by atoms with E-state index in [-0.39, 0.29) is 11.3 Å². The molecule has 0 aliphatic carbocycles. The minimum atomic E-state index is -0.600. The summed E-state index contributed by atoms with van der Waals surface area (Å²) in [5.74, 6) is -0.836. The van der Waals surface area contributed by atoms with E-state index in [9.17, 15) is 9.18 Å². The van der Waals surface area contributed by atoms with E-state index in [2.05, 4.69) is 0 Å². The summed E-state index contributed by atoms with van der Waals surface area (Å²) >= 11 is 0. The van der Waals surface area contributed by atoms with Gasteiger partial charge in [0, 0.05) is 0 Å². The highest BCUT2D eigenvalue weighted by atomic mass is 19.1. The topological polar surface area (TPSA) is 43.1 Å². The van der Waals surface area contributed by atoms with Crippen LogP contribution in [-0.2, 0) is 0 Å². The van der Waals surface area contributed by atoms with Gasteiger partial charge in [0.2, 0.25) is 0 Å². The molecule has 0 radical (unpaired) electrons. The molecule has 0 heterocycles. The number of rotatable bonds is 3. The van der Waals surface area contributed by atoms with Gasteiger partial charge < -0.3 is 5.73 Å². The monoisotopic (exact) mass is 181 g/mol. The molecule has 1 aromatic carbocycles. The summed E-state index contributed by atoms with van der Waals surface area (Å²) in [5.41, 5.74) is 5.58. The van der Waals surface area contributed by atoms with E-state index >= 15 is 0 Å². The Morgan fingerprint density at radius 3 is 2.69 bits per heavy atom. The van der Waals surface area contributed by atoms with E-state index in [0.29, 0.717) is 6.42 Å². The number of Topliss-reactive ketones (excluding diaryl/α,β-unsaturated/α-hetero) is 1. The number of carbonyl (C=O) groups is 1. The van der Waals surface area contributed by atoms with Gasteiger partial charge in [-0.25, -0.2) is 4.39 Å². The lowest BCUT2D eigenvalue weighted by Gasteiger charge is -2.07. The number of benzene rings is 1. The molecule has 3 heteroatoms. The van der Waals surface area contributed by atoms with Crippen molar-refractivity contribution in [1.82, 2.24) is 0 Å². The SMILES string of the molecule is CCC(N)C(=O)c1ccccc1F. The molecule has 0 aliphatic heterocycles. The first-order valence-corrected chi connectivity index (χ1v) is 4.21. The molecule has 1 aromatic rings. The number of hydrogen-bond acceptors (Lipinski definition) is 2. The Bertz CT molecular complexity index is 312. The zero-order valence-electron chi connectivity index (χ0n) is 7.46. The maximum atomic E-state index is 13.1. The van der Waals surface area contributed by atoms with E-state index in [0.717, 1.165) is 0 Å². The molecule has 1 rings (SSSR count). The van der Waals surface area contributed by atoms with Gasteiger partial charge >= 0.3 is 0 Å². The second-order valence-corrected chi connectivity index (χ2v) is 2.86. The van der Waals surface area contributed by atoms with E-state index in [1.165, 1.54) is 12.1 Å². The fourth-order valence-corrected chi connectivity index (χ4v) is 1.05. The minimum Gasteiger partial charge on any atom is -0.321 e. The van der Waals surface area contributed by atoms with Crippen molar-refractivity contribution in [3.05, 3.63) is 35.6 Å². The molecule has 0 spiro atoms. The van der Waals surface area contributed by atoms with Crippen molar-refractivity contribution in [3.8, 4) is 0 Å². The Morgan fingerprint density at radius 2 is 2.15 bits per heavy atom. The first kappa shape index (κ1) is 9.86. The van der Waals surface area contributed by atoms with Gasteiger partial charge in [0.1, 0.15) is 5.82 Å². The lowest BCUT2D eigenvalue weighted by Crippen LogP contribution is -2.30. The van der Waals surface area contributed by atoms with E-state index in [4.69, 9.17) is 5.73 Å². The van der Waals surface area contributed by atoms with Gasteiger partial charge in [0.15, 0.2) is 5.78 Å². The van der Waals surface area contributed by atoms with Crippen molar-refractivity contribution in [2.45, 2.75) is 19.4 Å². The number of carbonyl (C=O) groups excluding carboxylic acids is 1. The quantitative estimate of drug-likeness (QED) is 0.722. The number of hydrogen-bond donors (Lipinski definition) is 1. The molecule has 0 amide bonds. The van der Waals surface area contributed by atoms with Crippen LogP contribution in [0, 0.1) is 5.82 Å². The van der Waals surface area contributed by atoms with E-state index in [1.807, 2.05) is 0 Å². The Kier molecular flexibility index (Phi) is 3.14. The summed E-state index contributed by atoms with van der Waals surface area (Å²) in [4.78, 5) is 11.4. The molecule has 0 bridgehead atoms. The summed E-state index contributed by atoms with van der Waals surface area (Å²) < 4.78 is 13.1. The summed E-state index contributed by atoms with van der Waals surface area (Å²) in [6, 6.07) is 5.28. The van der Waals surface area contributed by atoms with Crippen molar-refractivity contribution < 1.29 is 9.18 Å². The summed E-state index contributed by atoms with van der Waals surface area (Å²) in [6.45, 7) is 1.80. The second kappa shape index (κ2) is 4.14.